The van der Waals surface area contributed by atoms with Gasteiger partial charge in [0, 0.05) is 17.1 Å². The van der Waals surface area contributed by atoms with Crippen LogP contribution in [0, 0.1) is 0 Å². The molecule has 2 bridgehead atoms. The quantitative estimate of drug-likeness (QED) is 0.622. The second kappa shape index (κ2) is 6.48. The Kier molecular flexibility index (Phi) is 4.11. The van der Waals surface area contributed by atoms with Gasteiger partial charge in [0.2, 0.25) is 11.7 Å². The fraction of sp³-hybridized carbons (Fsp3) is 0.400. The van der Waals surface area contributed by atoms with Crippen molar-refractivity contribution in [3.63, 3.8) is 0 Å². The van der Waals surface area contributed by atoms with Crippen LogP contribution in [-0.4, -0.2) is 34.2 Å². The van der Waals surface area contributed by atoms with Gasteiger partial charge >= 0.3 is 0 Å². The molecule has 0 amide bonds. The van der Waals surface area contributed by atoms with Gasteiger partial charge in [-0.25, -0.2) is 0 Å². The summed E-state index contributed by atoms with van der Waals surface area (Å²) in [7, 11) is 2.24. The standard InChI is InChI=1S/C20H20ClN3OS/c1-24-14-8-9-16(24)18(15(11-14)12-4-6-13(21)7-5-12)20-22-19(23-25-20)17-3-2-10-26-17/h2-7,10,14-16,18H,8-9,11H2,1H3/t14-,15?,16+,18?/m0/s1. The van der Waals surface area contributed by atoms with Crippen molar-refractivity contribution in [2.45, 2.75) is 43.2 Å². The molecule has 5 rings (SSSR count). The summed E-state index contributed by atoms with van der Waals surface area (Å²) in [6.45, 7) is 0. The van der Waals surface area contributed by atoms with Gasteiger partial charge in [0.25, 0.3) is 0 Å². The summed E-state index contributed by atoms with van der Waals surface area (Å²) >= 11 is 7.75. The van der Waals surface area contributed by atoms with E-state index in [9.17, 15) is 0 Å². The Hall–Kier alpha value is -1.69. The molecule has 2 fully saturated rings. The summed E-state index contributed by atoms with van der Waals surface area (Å²) in [4.78, 5) is 8.37. The van der Waals surface area contributed by atoms with Crippen LogP contribution < -0.4 is 0 Å². The molecule has 4 heterocycles. The van der Waals surface area contributed by atoms with Crippen LogP contribution >= 0.6 is 22.9 Å². The number of thiophene rings is 1. The smallest absolute Gasteiger partial charge is 0.232 e. The van der Waals surface area contributed by atoms with Gasteiger partial charge < -0.3 is 4.52 Å². The van der Waals surface area contributed by atoms with Crippen molar-refractivity contribution >= 4 is 22.9 Å². The molecule has 2 unspecified atom stereocenters. The Morgan fingerprint density at radius 3 is 2.81 bits per heavy atom. The molecule has 1 aromatic carbocycles. The SMILES string of the molecule is CN1[C@H]2CC[C@@H]1C(c1nc(-c3cccs3)no1)C(c1ccc(Cl)cc1)C2. The Morgan fingerprint density at radius 1 is 1.19 bits per heavy atom. The van der Waals surface area contributed by atoms with E-state index in [1.165, 1.54) is 18.4 Å². The number of fused-ring (bicyclic) bond motifs is 2. The van der Waals surface area contributed by atoms with Crippen LogP contribution in [0.5, 0.6) is 0 Å². The Bertz CT molecular complexity index is 892. The minimum absolute atomic E-state index is 0.223. The van der Waals surface area contributed by atoms with E-state index in [0.29, 0.717) is 23.8 Å². The molecule has 3 aromatic rings. The predicted molar refractivity (Wildman–Crippen MR) is 104 cm³/mol. The Balaban J connectivity index is 1.55. The number of aromatic nitrogens is 2. The predicted octanol–water partition coefficient (Wildman–Crippen LogP) is 5.19. The molecule has 2 aliphatic heterocycles. The van der Waals surface area contributed by atoms with Crippen molar-refractivity contribution in [2.75, 3.05) is 7.05 Å². The molecule has 6 heteroatoms. The summed E-state index contributed by atoms with van der Waals surface area (Å²) in [6.07, 6.45) is 3.55. The molecule has 4 nitrogen and oxygen atoms in total. The van der Waals surface area contributed by atoms with E-state index in [2.05, 4.69) is 29.2 Å². The highest BCUT2D eigenvalue weighted by atomic mass is 35.5. The molecule has 26 heavy (non-hydrogen) atoms. The highest BCUT2D eigenvalue weighted by Gasteiger charge is 2.48. The maximum atomic E-state index is 6.11. The molecular weight excluding hydrogens is 366 g/mol. The van der Waals surface area contributed by atoms with Gasteiger partial charge in [-0.1, -0.05) is 35.0 Å². The number of likely N-dealkylation sites (N-methyl/N-ethyl adjacent to an activating group) is 1. The van der Waals surface area contributed by atoms with Crippen LogP contribution in [0.25, 0.3) is 10.7 Å². The molecule has 0 saturated carbocycles. The third-order valence-corrected chi connectivity index (χ3v) is 7.15. The zero-order valence-electron chi connectivity index (χ0n) is 14.5. The van der Waals surface area contributed by atoms with Crippen molar-refractivity contribution in [1.29, 1.82) is 0 Å². The van der Waals surface area contributed by atoms with Crippen LogP contribution in [0.2, 0.25) is 5.02 Å². The van der Waals surface area contributed by atoms with E-state index < -0.39 is 0 Å². The molecular formula is C20H20ClN3OS. The van der Waals surface area contributed by atoms with Gasteiger partial charge in [-0.05, 0) is 61.4 Å². The van der Waals surface area contributed by atoms with Gasteiger partial charge in [-0.3, -0.25) is 4.90 Å². The molecule has 2 aliphatic rings. The first kappa shape index (κ1) is 16.5. The molecule has 0 spiro atoms. The number of hydrogen-bond donors (Lipinski definition) is 0. The fourth-order valence-corrected chi connectivity index (χ4v) is 5.51. The van der Waals surface area contributed by atoms with Crippen molar-refractivity contribution < 1.29 is 4.52 Å². The van der Waals surface area contributed by atoms with Crippen LogP contribution in [0.15, 0.2) is 46.3 Å². The van der Waals surface area contributed by atoms with E-state index in [1.54, 1.807) is 11.3 Å². The summed E-state index contributed by atoms with van der Waals surface area (Å²) < 4.78 is 5.80. The Labute approximate surface area is 161 Å². The highest BCUT2D eigenvalue weighted by Crippen LogP contribution is 2.50. The van der Waals surface area contributed by atoms with Crippen molar-refractivity contribution in [2.24, 2.45) is 0 Å². The lowest BCUT2D eigenvalue weighted by Gasteiger charge is -2.41. The monoisotopic (exact) mass is 385 g/mol. The number of nitrogens with zero attached hydrogens (tertiary/aromatic N) is 3. The summed E-state index contributed by atoms with van der Waals surface area (Å²) in [5.74, 6) is 2.08. The summed E-state index contributed by atoms with van der Waals surface area (Å²) in [6, 6.07) is 13.4. The summed E-state index contributed by atoms with van der Waals surface area (Å²) in [5, 5.41) is 7.08. The first-order chi connectivity index (χ1) is 12.7. The molecule has 4 atom stereocenters. The Morgan fingerprint density at radius 2 is 2.04 bits per heavy atom. The zero-order chi connectivity index (χ0) is 17.7. The number of benzene rings is 1. The van der Waals surface area contributed by atoms with Crippen LogP contribution in [-0.2, 0) is 0 Å². The van der Waals surface area contributed by atoms with Crippen LogP contribution in [0.1, 0.15) is 42.6 Å². The molecule has 2 saturated heterocycles. The van der Waals surface area contributed by atoms with Crippen LogP contribution in [0.3, 0.4) is 0 Å². The first-order valence-electron chi connectivity index (χ1n) is 9.05. The molecule has 0 aliphatic carbocycles. The number of halogens is 1. The lowest BCUT2D eigenvalue weighted by molar-refractivity contribution is 0.120. The minimum Gasteiger partial charge on any atom is -0.339 e. The fourth-order valence-electron chi connectivity index (χ4n) is 4.73. The largest absolute Gasteiger partial charge is 0.339 e. The second-order valence-corrected chi connectivity index (χ2v) is 8.70. The molecule has 0 N–H and O–H groups in total. The van der Waals surface area contributed by atoms with E-state index in [-0.39, 0.29) is 5.92 Å². The lowest BCUT2D eigenvalue weighted by Crippen LogP contribution is -2.44. The summed E-state index contributed by atoms with van der Waals surface area (Å²) in [5.41, 5.74) is 1.32. The molecule has 0 radical (unpaired) electrons. The van der Waals surface area contributed by atoms with E-state index >= 15 is 0 Å². The van der Waals surface area contributed by atoms with Gasteiger partial charge in [0.1, 0.15) is 0 Å². The average molecular weight is 386 g/mol. The number of piperidine rings is 1. The van der Waals surface area contributed by atoms with E-state index in [0.717, 1.165) is 22.2 Å². The maximum absolute atomic E-state index is 6.11. The third kappa shape index (κ3) is 2.70. The average Bonchev–Trinajstić information content (AvgIpc) is 3.37. The van der Waals surface area contributed by atoms with Crippen molar-refractivity contribution in [3.05, 3.63) is 58.3 Å². The van der Waals surface area contributed by atoms with Crippen LogP contribution in [0.4, 0.5) is 0 Å². The maximum Gasteiger partial charge on any atom is 0.232 e. The van der Waals surface area contributed by atoms with Gasteiger partial charge in [-0.2, -0.15) is 4.98 Å². The van der Waals surface area contributed by atoms with Crippen molar-refractivity contribution in [3.8, 4) is 10.7 Å². The normalized spacial score (nSPS) is 28.5. The molecule has 134 valence electrons. The van der Waals surface area contributed by atoms with E-state index in [1.807, 2.05) is 29.6 Å². The van der Waals surface area contributed by atoms with Crippen molar-refractivity contribution in [1.82, 2.24) is 15.0 Å². The first-order valence-corrected chi connectivity index (χ1v) is 10.3. The molecule has 2 aromatic heterocycles. The van der Waals surface area contributed by atoms with Gasteiger partial charge in [0.05, 0.1) is 10.8 Å². The second-order valence-electron chi connectivity index (χ2n) is 7.32. The highest BCUT2D eigenvalue weighted by molar-refractivity contribution is 7.13. The van der Waals surface area contributed by atoms with Gasteiger partial charge in [-0.15, -0.1) is 11.3 Å². The third-order valence-electron chi connectivity index (χ3n) is 6.04. The van der Waals surface area contributed by atoms with Gasteiger partial charge in [0.15, 0.2) is 0 Å². The number of hydrogen-bond acceptors (Lipinski definition) is 5. The lowest BCUT2D eigenvalue weighted by atomic mass is 9.76. The number of rotatable bonds is 3. The van der Waals surface area contributed by atoms with E-state index in [4.69, 9.17) is 21.1 Å². The minimum atomic E-state index is 0.223. The zero-order valence-corrected chi connectivity index (χ0v) is 16.1. The topological polar surface area (TPSA) is 42.2 Å².